The Morgan fingerprint density at radius 1 is 1.00 bits per heavy atom. The first-order chi connectivity index (χ1) is 17.5. The molecule has 0 unspecified atom stereocenters. The lowest BCUT2D eigenvalue weighted by molar-refractivity contribution is -0.939. The van der Waals surface area contributed by atoms with E-state index in [1.165, 1.54) is 12.7 Å². The van der Waals surface area contributed by atoms with Crippen molar-refractivity contribution in [2.75, 3.05) is 31.5 Å². The second kappa shape index (κ2) is 9.92. The lowest BCUT2D eigenvalue weighted by Crippen LogP contribution is -3.00. The number of ether oxygens (including phenoxy) is 1. The van der Waals surface area contributed by atoms with E-state index in [0.717, 1.165) is 37.1 Å². The number of nitrogens with zero attached hydrogens (tertiary/aromatic N) is 4. The van der Waals surface area contributed by atoms with E-state index in [0.29, 0.717) is 28.6 Å². The van der Waals surface area contributed by atoms with Crippen molar-refractivity contribution in [3.8, 4) is 0 Å². The Kier molecular flexibility index (Phi) is 6.82. The van der Waals surface area contributed by atoms with Gasteiger partial charge in [-0.05, 0) is 17.5 Å². The van der Waals surface area contributed by atoms with E-state index in [2.05, 4.69) is 20.3 Å². The molecule has 2 bridgehead atoms. The van der Waals surface area contributed by atoms with E-state index in [1.54, 1.807) is 0 Å². The van der Waals surface area contributed by atoms with Crippen LogP contribution in [0.1, 0.15) is 35.1 Å². The first-order valence-corrected chi connectivity index (χ1v) is 12.3. The van der Waals surface area contributed by atoms with Crippen LogP contribution < -0.4 is 22.3 Å². The lowest BCUT2D eigenvalue weighted by atomic mass is 9.74. The molecule has 0 saturated carbocycles. The molecule has 2 aromatic carbocycles. The van der Waals surface area contributed by atoms with Gasteiger partial charge in [0.1, 0.15) is 19.2 Å². The van der Waals surface area contributed by atoms with E-state index < -0.39 is 11.6 Å². The van der Waals surface area contributed by atoms with Crippen molar-refractivity contribution < 1.29 is 40.9 Å². The quantitative estimate of drug-likeness (QED) is 0.295. The van der Waals surface area contributed by atoms with Gasteiger partial charge in [-0.2, -0.15) is 0 Å². The standard InChI is InChI=1S/C27H27N5O4.BrH/c33-24(31-26-29-16-28-17-30-26)15-32-11-9-18(10-12-32)23(14-32)36-25(34)27(35)21-7-3-1-5-19(21)13-20-6-2-4-8-22(20)27;/h1-8,16-18,23,35H,9-15H2;1H/t18?,23-,32?;/m0./s1. The summed E-state index contributed by atoms with van der Waals surface area (Å²) in [7, 11) is 0. The van der Waals surface area contributed by atoms with Gasteiger partial charge in [0.05, 0.1) is 13.1 Å². The van der Waals surface area contributed by atoms with Gasteiger partial charge in [-0.25, -0.2) is 19.7 Å². The number of piperidine rings is 3. The van der Waals surface area contributed by atoms with E-state index in [9.17, 15) is 14.7 Å². The molecular weight excluding hydrogens is 538 g/mol. The van der Waals surface area contributed by atoms with E-state index >= 15 is 0 Å². The van der Waals surface area contributed by atoms with E-state index in [4.69, 9.17) is 4.74 Å². The van der Waals surface area contributed by atoms with Crippen molar-refractivity contribution >= 4 is 17.8 Å². The van der Waals surface area contributed by atoms with Gasteiger partial charge in [0, 0.05) is 29.9 Å². The molecule has 9 nitrogen and oxygen atoms in total. The normalized spacial score (nSPS) is 24.7. The van der Waals surface area contributed by atoms with Crippen LogP contribution >= 0.6 is 0 Å². The number of amides is 1. The Morgan fingerprint density at radius 3 is 2.22 bits per heavy atom. The predicted molar refractivity (Wildman–Crippen MR) is 129 cm³/mol. The number of benzene rings is 2. The first kappa shape index (κ1) is 25.4. The molecule has 37 heavy (non-hydrogen) atoms. The summed E-state index contributed by atoms with van der Waals surface area (Å²) in [5.74, 6) is -0.382. The molecule has 1 amide bonds. The van der Waals surface area contributed by atoms with Crippen LogP contribution in [-0.4, -0.2) is 68.7 Å². The Labute approximate surface area is 225 Å². The molecule has 192 valence electrons. The predicted octanol–water partition coefficient (Wildman–Crippen LogP) is -1.19. The third-order valence-electron chi connectivity index (χ3n) is 8.01. The topological polar surface area (TPSA) is 114 Å². The Hall–Kier alpha value is -3.21. The van der Waals surface area contributed by atoms with Crippen molar-refractivity contribution in [3.63, 3.8) is 0 Å². The van der Waals surface area contributed by atoms with Crippen molar-refractivity contribution in [1.29, 1.82) is 0 Å². The molecule has 0 spiro atoms. The minimum atomic E-state index is -1.86. The van der Waals surface area contributed by atoms with Crippen molar-refractivity contribution in [2.24, 2.45) is 5.92 Å². The van der Waals surface area contributed by atoms with Crippen LogP contribution in [0, 0.1) is 5.92 Å². The Balaban J connectivity index is 0.00000280. The van der Waals surface area contributed by atoms with Crippen molar-refractivity contribution in [3.05, 3.63) is 83.4 Å². The van der Waals surface area contributed by atoms with Crippen LogP contribution in [0.15, 0.2) is 61.2 Å². The molecule has 3 aromatic rings. The second-order valence-corrected chi connectivity index (χ2v) is 10.1. The van der Waals surface area contributed by atoms with Gasteiger partial charge in [0.25, 0.3) is 5.91 Å². The molecule has 4 aliphatic rings. The van der Waals surface area contributed by atoms with Crippen LogP contribution in [0.3, 0.4) is 0 Å². The third-order valence-corrected chi connectivity index (χ3v) is 8.01. The van der Waals surface area contributed by atoms with Crippen LogP contribution in [0.25, 0.3) is 0 Å². The highest BCUT2D eigenvalue weighted by Crippen LogP contribution is 2.42. The third kappa shape index (κ3) is 4.54. The molecule has 1 aromatic heterocycles. The molecule has 1 aliphatic carbocycles. The van der Waals surface area contributed by atoms with Gasteiger partial charge in [0.15, 0.2) is 12.6 Å². The average molecular weight is 566 g/mol. The number of nitrogens with one attached hydrogen (secondary N) is 1. The molecular formula is C27H28BrN5O4. The fourth-order valence-corrected chi connectivity index (χ4v) is 6.20. The van der Waals surface area contributed by atoms with E-state index in [-0.39, 0.29) is 47.4 Å². The number of quaternary nitrogens is 1. The van der Waals surface area contributed by atoms with Crippen molar-refractivity contribution in [2.45, 2.75) is 31.0 Å². The van der Waals surface area contributed by atoms with Crippen LogP contribution in [-0.2, 0) is 26.3 Å². The Morgan fingerprint density at radius 2 is 1.59 bits per heavy atom. The number of fused-ring (bicyclic) bond motifs is 5. The fourth-order valence-electron chi connectivity index (χ4n) is 6.20. The average Bonchev–Trinajstić information content (AvgIpc) is 2.90. The maximum atomic E-state index is 13.8. The van der Waals surface area contributed by atoms with Crippen LogP contribution in [0.4, 0.5) is 5.95 Å². The zero-order valence-electron chi connectivity index (χ0n) is 20.2. The maximum absolute atomic E-state index is 13.8. The van der Waals surface area contributed by atoms with Gasteiger partial charge >= 0.3 is 5.97 Å². The molecule has 3 saturated heterocycles. The highest BCUT2D eigenvalue weighted by atomic mass is 79.9. The summed E-state index contributed by atoms with van der Waals surface area (Å²) in [5.41, 5.74) is 1.13. The number of aliphatic hydroxyl groups is 1. The summed E-state index contributed by atoms with van der Waals surface area (Å²) in [6.45, 7) is 2.49. The number of halogens is 1. The fraction of sp³-hybridized carbons (Fsp3) is 0.370. The summed E-state index contributed by atoms with van der Waals surface area (Å²) in [4.78, 5) is 38.3. The van der Waals surface area contributed by atoms with Gasteiger partial charge in [0.2, 0.25) is 11.5 Å². The number of hydrogen-bond acceptors (Lipinski definition) is 7. The number of carbonyl (C=O) groups excluding carboxylic acids is 2. The zero-order chi connectivity index (χ0) is 24.8. The minimum Gasteiger partial charge on any atom is -1.00 e. The number of hydrogen-bond donors (Lipinski definition) is 2. The summed E-state index contributed by atoms with van der Waals surface area (Å²) >= 11 is 0. The molecule has 3 fully saturated rings. The summed E-state index contributed by atoms with van der Waals surface area (Å²) in [5, 5.41) is 14.7. The van der Waals surface area contributed by atoms with Gasteiger partial charge in [-0.1, -0.05) is 48.5 Å². The van der Waals surface area contributed by atoms with Gasteiger partial charge in [-0.3, -0.25) is 10.1 Å². The molecule has 4 heterocycles. The van der Waals surface area contributed by atoms with Gasteiger partial charge < -0.3 is 31.3 Å². The SMILES string of the molecule is O=C(C[N+]12CCC(CC1)[C@@H](OC(=O)C1(O)c3ccccc3Cc3ccccc31)C2)Nc1ncncn1.[Br-]. The van der Waals surface area contributed by atoms with Crippen LogP contribution in [0.2, 0.25) is 0 Å². The number of rotatable bonds is 5. The largest absolute Gasteiger partial charge is 1.00 e. The molecule has 10 heteroatoms. The van der Waals surface area contributed by atoms with E-state index in [1.807, 2.05) is 48.5 Å². The smallest absolute Gasteiger partial charge is 0.348 e. The second-order valence-electron chi connectivity index (χ2n) is 10.1. The lowest BCUT2D eigenvalue weighted by Gasteiger charge is -2.51. The highest BCUT2D eigenvalue weighted by molar-refractivity contribution is 5.90. The zero-order valence-corrected chi connectivity index (χ0v) is 21.8. The molecule has 0 radical (unpaired) electrons. The van der Waals surface area contributed by atoms with Gasteiger partial charge in [-0.15, -0.1) is 0 Å². The number of carbonyl (C=O) groups is 2. The van der Waals surface area contributed by atoms with Crippen LogP contribution in [0.5, 0.6) is 0 Å². The summed E-state index contributed by atoms with van der Waals surface area (Å²) < 4.78 is 6.68. The number of esters is 1. The molecule has 2 N–H and O–H groups in total. The molecule has 3 aliphatic heterocycles. The van der Waals surface area contributed by atoms with Crippen molar-refractivity contribution in [1.82, 2.24) is 15.0 Å². The Bertz CT molecular complexity index is 1270. The summed E-state index contributed by atoms with van der Waals surface area (Å²) in [6, 6.07) is 15.0. The maximum Gasteiger partial charge on any atom is 0.348 e. The number of aromatic nitrogens is 3. The number of anilines is 1. The molecule has 1 atom stereocenters. The minimum absolute atomic E-state index is 0. The monoisotopic (exact) mass is 565 g/mol. The summed E-state index contributed by atoms with van der Waals surface area (Å²) in [6.07, 6.45) is 4.69. The highest BCUT2D eigenvalue weighted by Gasteiger charge is 2.52. The first-order valence-electron chi connectivity index (χ1n) is 12.3. The molecule has 7 rings (SSSR count).